The molecule has 3 aromatic carbocycles. The number of nitrogens with zero attached hydrogens (tertiary/aromatic N) is 1. The van der Waals surface area contributed by atoms with Gasteiger partial charge in [-0.3, -0.25) is 0 Å². The first kappa shape index (κ1) is 20.6. The van der Waals surface area contributed by atoms with Crippen molar-refractivity contribution in [2.75, 3.05) is 6.54 Å². The highest BCUT2D eigenvalue weighted by molar-refractivity contribution is 6.36. The summed E-state index contributed by atoms with van der Waals surface area (Å²) < 4.78 is 6.25. The van der Waals surface area contributed by atoms with E-state index in [0.29, 0.717) is 23.0 Å². The molecule has 0 saturated carbocycles. The summed E-state index contributed by atoms with van der Waals surface area (Å²) >= 11 is 12.5. The highest BCUT2D eigenvalue weighted by Gasteiger charge is 2.30. The van der Waals surface area contributed by atoms with Gasteiger partial charge in [0.25, 0.3) is 0 Å². The van der Waals surface area contributed by atoms with Crippen LogP contribution in [0.5, 0.6) is 5.75 Å². The first-order valence-corrected chi connectivity index (χ1v) is 10.4. The number of halogens is 2. The number of carbonyl (C=O) groups is 1. The molecule has 0 aliphatic carbocycles. The zero-order chi connectivity index (χ0) is 21.3. The van der Waals surface area contributed by atoms with Gasteiger partial charge in [0.05, 0.1) is 11.6 Å². The van der Waals surface area contributed by atoms with Gasteiger partial charge in [-0.15, -0.1) is 0 Å². The molecule has 0 fully saturated rings. The van der Waals surface area contributed by atoms with Gasteiger partial charge in [-0.2, -0.15) is 0 Å². The molecular formula is C24H21Cl2NO3. The Morgan fingerprint density at radius 3 is 2.57 bits per heavy atom. The lowest BCUT2D eigenvalue weighted by Gasteiger charge is -2.23. The Labute approximate surface area is 185 Å². The minimum Gasteiger partial charge on any atom is -0.487 e. The molecule has 0 radical (unpaired) electrons. The number of amides is 1. The van der Waals surface area contributed by atoms with Crippen molar-refractivity contribution in [1.82, 2.24) is 4.90 Å². The summed E-state index contributed by atoms with van der Waals surface area (Å²) in [5.74, 6) is 0.764. The zero-order valence-electron chi connectivity index (χ0n) is 16.4. The second kappa shape index (κ2) is 8.58. The number of ether oxygens (including phenoxy) is 1. The second-order valence-corrected chi connectivity index (χ2v) is 8.36. The molecule has 1 N–H and O–H groups in total. The zero-order valence-corrected chi connectivity index (χ0v) is 18.0. The van der Waals surface area contributed by atoms with Gasteiger partial charge in [0, 0.05) is 29.1 Å². The van der Waals surface area contributed by atoms with Crippen LogP contribution >= 0.6 is 23.2 Å². The van der Waals surface area contributed by atoms with Crippen molar-refractivity contribution in [1.29, 1.82) is 0 Å². The Bertz CT molecular complexity index is 1090. The van der Waals surface area contributed by atoms with Crippen LogP contribution in [-0.2, 0) is 13.0 Å². The molecule has 0 spiro atoms. The monoisotopic (exact) mass is 441 g/mol. The van der Waals surface area contributed by atoms with Crippen LogP contribution < -0.4 is 4.74 Å². The topological polar surface area (TPSA) is 49.8 Å². The molecule has 0 bridgehead atoms. The van der Waals surface area contributed by atoms with Gasteiger partial charge in [-0.25, -0.2) is 4.79 Å². The van der Waals surface area contributed by atoms with Crippen molar-refractivity contribution >= 4 is 29.3 Å². The van der Waals surface area contributed by atoms with Crippen LogP contribution in [0.2, 0.25) is 10.0 Å². The first-order valence-electron chi connectivity index (χ1n) is 9.68. The third-order valence-electron chi connectivity index (χ3n) is 5.17. The summed E-state index contributed by atoms with van der Waals surface area (Å²) in [6.07, 6.45) is -0.574. The van der Waals surface area contributed by atoms with Crippen LogP contribution in [0.25, 0.3) is 11.1 Å². The lowest BCUT2D eigenvalue weighted by Crippen LogP contribution is -2.37. The van der Waals surface area contributed by atoms with Gasteiger partial charge < -0.3 is 14.7 Å². The quantitative estimate of drug-likeness (QED) is 0.494. The Hall–Kier alpha value is -2.69. The van der Waals surface area contributed by atoms with Crippen LogP contribution in [-0.4, -0.2) is 28.7 Å². The van der Waals surface area contributed by atoms with E-state index < -0.39 is 6.09 Å². The maximum Gasteiger partial charge on any atom is 0.407 e. The van der Waals surface area contributed by atoms with E-state index in [1.807, 2.05) is 49.4 Å². The van der Waals surface area contributed by atoms with E-state index >= 15 is 0 Å². The number of hydrogen-bond donors (Lipinski definition) is 1. The summed E-state index contributed by atoms with van der Waals surface area (Å²) in [5.41, 5.74) is 4.85. The fourth-order valence-electron chi connectivity index (χ4n) is 3.86. The molecule has 0 aromatic heterocycles. The molecule has 1 unspecified atom stereocenters. The van der Waals surface area contributed by atoms with Crippen LogP contribution in [0.4, 0.5) is 4.79 Å². The Kier molecular flexibility index (Phi) is 5.89. The number of aryl methyl sites for hydroxylation is 1. The number of fused-ring (bicyclic) bond motifs is 1. The molecular weight excluding hydrogens is 421 g/mol. The largest absolute Gasteiger partial charge is 0.487 e. The smallest absolute Gasteiger partial charge is 0.407 e. The Morgan fingerprint density at radius 2 is 1.87 bits per heavy atom. The summed E-state index contributed by atoms with van der Waals surface area (Å²) in [5, 5.41) is 10.8. The number of benzene rings is 3. The van der Waals surface area contributed by atoms with Gasteiger partial charge in [0.2, 0.25) is 0 Å². The van der Waals surface area contributed by atoms with Gasteiger partial charge >= 0.3 is 6.09 Å². The summed E-state index contributed by atoms with van der Waals surface area (Å²) in [6.45, 7) is 2.63. The van der Waals surface area contributed by atoms with Gasteiger partial charge in [0.1, 0.15) is 11.9 Å². The SMILES string of the molecule is Cc1cc2c(c(-c3ccc(Cl)cc3Cl)c1)OC(CN(Cc1ccccc1)C(=O)O)C2. The third kappa shape index (κ3) is 4.40. The second-order valence-electron chi connectivity index (χ2n) is 7.52. The molecule has 3 aromatic rings. The van der Waals surface area contributed by atoms with Gasteiger partial charge in [-0.05, 0) is 41.8 Å². The Morgan fingerprint density at radius 1 is 1.10 bits per heavy atom. The van der Waals surface area contributed by atoms with Gasteiger partial charge in [0.15, 0.2) is 0 Å². The first-order chi connectivity index (χ1) is 14.4. The molecule has 30 heavy (non-hydrogen) atoms. The molecule has 1 atom stereocenters. The predicted molar refractivity (Wildman–Crippen MR) is 120 cm³/mol. The summed E-state index contributed by atoms with van der Waals surface area (Å²) in [7, 11) is 0. The summed E-state index contributed by atoms with van der Waals surface area (Å²) in [4.78, 5) is 13.2. The van der Waals surface area contributed by atoms with E-state index in [1.165, 1.54) is 4.90 Å². The lowest BCUT2D eigenvalue weighted by molar-refractivity contribution is 0.113. The molecule has 0 saturated heterocycles. The molecule has 6 heteroatoms. The van der Waals surface area contributed by atoms with Crippen LogP contribution in [0, 0.1) is 6.92 Å². The van der Waals surface area contributed by atoms with Crippen LogP contribution in [0.3, 0.4) is 0 Å². The number of carboxylic acid groups (broad SMARTS) is 1. The number of rotatable bonds is 5. The van der Waals surface area contributed by atoms with E-state index in [9.17, 15) is 9.90 Å². The van der Waals surface area contributed by atoms with Crippen molar-refractivity contribution in [3.63, 3.8) is 0 Å². The lowest BCUT2D eigenvalue weighted by atomic mass is 9.97. The minimum atomic E-state index is -0.962. The van der Waals surface area contributed by atoms with E-state index in [4.69, 9.17) is 27.9 Å². The molecule has 4 rings (SSSR count). The maximum absolute atomic E-state index is 11.8. The molecule has 154 valence electrons. The van der Waals surface area contributed by atoms with Crippen molar-refractivity contribution in [2.45, 2.75) is 26.0 Å². The van der Waals surface area contributed by atoms with Crippen LogP contribution in [0.15, 0.2) is 60.7 Å². The summed E-state index contributed by atoms with van der Waals surface area (Å²) in [6, 6.07) is 19.1. The standard InChI is InChI=1S/C24H21Cl2NO3/c1-15-9-17-11-19(14-27(24(28)29)13-16-5-3-2-4-6-16)30-23(17)21(10-15)20-8-7-18(25)12-22(20)26/h2-10,12,19H,11,13-14H2,1H3,(H,28,29). The predicted octanol–water partition coefficient (Wildman–Crippen LogP) is 6.45. The minimum absolute atomic E-state index is 0.258. The molecule has 4 nitrogen and oxygen atoms in total. The fourth-order valence-corrected chi connectivity index (χ4v) is 4.37. The fraction of sp³-hybridized carbons (Fsp3) is 0.208. The third-order valence-corrected chi connectivity index (χ3v) is 5.72. The average Bonchev–Trinajstić information content (AvgIpc) is 3.10. The van der Waals surface area contributed by atoms with Crippen molar-refractivity contribution in [2.24, 2.45) is 0 Å². The molecule has 1 aliphatic rings. The average molecular weight is 442 g/mol. The van der Waals surface area contributed by atoms with E-state index in [1.54, 1.807) is 12.1 Å². The maximum atomic E-state index is 11.8. The van der Waals surface area contributed by atoms with Crippen LogP contribution in [0.1, 0.15) is 16.7 Å². The molecule has 1 amide bonds. The van der Waals surface area contributed by atoms with E-state index in [0.717, 1.165) is 33.6 Å². The van der Waals surface area contributed by atoms with Gasteiger partial charge in [-0.1, -0.05) is 65.7 Å². The van der Waals surface area contributed by atoms with E-state index in [2.05, 4.69) is 6.07 Å². The van der Waals surface area contributed by atoms with Crippen molar-refractivity contribution < 1.29 is 14.6 Å². The number of hydrogen-bond acceptors (Lipinski definition) is 2. The van der Waals surface area contributed by atoms with Crippen molar-refractivity contribution in [3.8, 4) is 16.9 Å². The molecule has 1 aliphatic heterocycles. The van der Waals surface area contributed by atoms with E-state index in [-0.39, 0.29) is 12.6 Å². The highest BCUT2D eigenvalue weighted by Crippen LogP contribution is 2.43. The highest BCUT2D eigenvalue weighted by atomic mass is 35.5. The normalized spacial score (nSPS) is 14.8. The Balaban J connectivity index is 1.59. The van der Waals surface area contributed by atoms with Crippen molar-refractivity contribution in [3.05, 3.63) is 87.4 Å². The molecule has 1 heterocycles.